The van der Waals surface area contributed by atoms with Gasteiger partial charge in [0.25, 0.3) is 11.8 Å². The third-order valence-electron chi connectivity index (χ3n) is 4.12. The highest BCUT2D eigenvalue weighted by Crippen LogP contribution is 2.23. The lowest BCUT2D eigenvalue weighted by Crippen LogP contribution is -2.23. The van der Waals surface area contributed by atoms with Gasteiger partial charge in [-0.05, 0) is 36.4 Å². The summed E-state index contributed by atoms with van der Waals surface area (Å²) >= 11 is 0. The van der Waals surface area contributed by atoms with E-state index in [1.54, 1.807) is 31.4 Å². The molecule has 3 N–H and O–H groups in total. The summed E-state index contributed by atoms with van der Waals surface area (Å²) in [6.07, 6.45) is 0. The summed E-state index contributed by atoms with van der Waals surface area (Å²) in [5.74, 6) is -0.120. The summed E-state index contributed by atoms with van der Waals surface area (Å²) in [6.45, 7) is 0. The summed E-state index contributed by atoms with van der Waals surface area (Å²) in [7, 11) is 1.59. The van der Waals surface area contributed by atoms with Crippen LogP contribution in [0.2, 0.25) is 0 Å². The van der Waals surface area contributed by atoms with Gasteiger partial charge in [-0.3, -0.25) is 14.7 Å². The van der Waals surface area contributed by atoms with E-state index >= 15 is 0 Å². The molecule has 0 saturated heterocycles. The predicted octanol–water partition coefficient (Wildman–Crippen LogP) is 2.17. The normalized spacial score (nSPS) is 14.0. The van der Waals surface area contributed by atoms with E-state index in [1.807, 2.05) is 30.3 Å². The van der Waals surface area contributed by atoms with Crippen LogP contribution in [0.4, 0.5) is 5.69 Å². The first-order chi connectivity index (χ1) is 13.2. The number of aromatic amines is 1. The van der Waals surface area contributed by atoms with Crippen molar-refractivity contribution in [1.82, 2.24) is 15.6 Å². The van der Waals surface area contributed by atoms with Crippen molar-refractivity contribution >= 4 is 23.2 Å². The van der Waals surface area contributed by atoms with Crippen LogP contribution < -0.4 is 15.5 Å². The first kappa shape index (κ1) is 16.5. The molecule has 0 saturated carbocycles. The van der Waals surface area contributed by atoms with Gasteiger partial charge in [-0.15, -0.1) is 0 Å². The van der Waals surface area contributed by atoms with E-state index in [-0.39, 0.29) is 17.3 Å². The molecule has 0 atom stereocenters. The second-order valence-corrected chi connectivity index (χ2v) is 5.80. The minimum absolute atomic E-state index is 0.161. The largest absolute Gasteiger partial charge is 0.497 e. The van der Waals surface area contributed by atoms with Gasteiger partial charge in [0.15, 0.2) is 5.71 Å². The van der Waals surface area contributed by atoms with Gasteiger partial charge >= 0.3 is 0 Å². The minimum atomic E-state index is -0.494. The molecule has 0 aliphatic carbocycles. The number of hydrogen-bond donors (Lipinski definition) is 3. The Kier molecular flexibility index (Phi) is 4.13. The maximum absolute atomic E-state index is 12.3. The second-order valence-electron chi connectivity index (χ2n) is 5.80. The maximum Gasteiger partial charge on any atom is 0.289 e. The molecule has 0 radical (unpaired) electrons. The Balaban J connectivity index is 1.51. The zero-order chi connectivity index (χ0) is 18.8. The van der Waals surface area contributed by atoms with Crippen LogP contribution in [0.25, 0.3) is 11.3 Å². The van der Waals surface area contributed by atoms with Crippen LogP contribution in [0, 0.1) is 0 Å². The molecule has 8 heteroatoms. The number of amides is 2. The van der Waals surface area contributed by atoms with Gasteiger partial charge < -0.3 is 10.1 Å². The Morgan fingerprint density at radius 2 is 1.93 bits per heavy atom. The average Bonchev–Trinajstić information content (AvgIpc) is 3.31. The number of nitrogens with one attached hydrogen (secondary N) is 3. The fraction of sp³-hybridized carbons (Fsp3) is 0.0526. The van der Waals surface area contributed by atoms with E-state index in [4.69, 9.17) is 4.74 Å². The van der Waals surface area contributed by atoms with E-state index in [0.29, 0.717) is 16.9 Å². The highest BCUT2D eigenvalue weighted by molar-refractivity contribution is 6.53. The van der Waals surface area contributed by atoms with Gasteiger partial charge in [0.1, 0.15) is 11.4 Å². The summed E-state index contributed by atoms with van der Waals surface area (Å²) < 4.78 is 5.12. The maximum atomic E-state index is 12.3. The van der Waals surface area contributed by atoms with Gasteiger partial charge in [0.05, 0.1) is 18.5 Å². The number of carbonyl (C=O) groups is 2. The number of hydrogen-bond acceptors (Lipinski definition) is 5. The Morgan fingerprint density at radius 1 is 1.15 bits per heavy atom. The van der Waals surface area contributed by atoms with E-state index < -0.39 is 5.91 Å². The molecule has 2 amide bonds. The molecule has 8 nitrogen and oxygen atoms in total. The van der Waals surface area contributed by atoms with Gasteiger partial charge in [-0.1, -0.05) is 18.2 Å². The van der Waals surface area contributed by atoms with E-state index in [0.717, 1.165) is 11.3 Å². The zero-order valence-corrected chi connectivity index (χ0v) is 14.3. The Morgan fingerprint density at radius 3 is 2.70 bits per heavy atom. The molecular weight excluding hydrogens is 346 g/mol. The third kappa shape index (κ3) is 3.15. The van der Waals surface area contributed by atoms with Gasteiger partial charge in [-0.25, -0.2) is 5.43 Å². The molecular formula is C19H15N5O3. The molecule has 3 aromatic rings. The number of fused-ring (bicyclic) bond motifs is 1. The number of hydrazone groups is 1. The van der Waals surface area contributed by atoms with Crippen molar-refractivity contribution in [1.29, 1.82) is 0 Å². The number of H-pyrrole nitrogens is 1. The van der Waals surface area contributed by atoms with E-state index in [2.05, 4.69) is 26.0 Å². The van der Waals surface area contributed by atoms with Crippen LogP contribution in [0.1, 0.15) is 16.1 Å². The highest BCUT2D eigenvalue weighted by Gasteiger charge is 2.25. The molecule has 0 spiro atoms. The number of ether oxygens (including phenoxy) is 1. The Hall–Kier alpha value is -3.94. The van der Waals surface area contributed by atoms with Crippen LogP contribution in [0.15, 0.2) is 59.7 Å². The van der Waals surface area contributed by atoms with Crippen molar-refractivity contribution < 1.29 is 14.3 Å². The summed E-state index contributed by atoms with van der Waals surface area (Å²) in [4.78, 5) is 24.3. The summed E-state index contributed by atoms with van der Waals surface area (Å²) in [5, 5.41) is 13.5. The van der Waals surface area contributed by atoms with Crippen LogP contribution in [-0.4, -0.2) is 34.8 Å². The van der Waals surface area contributed by atoms with Crippen molar-refractivity contribution in [2.45, 2.75) is 0 Å². The van der Waals surface area contributed by atoms with Gasteiger partial charge in [0, 0.05) is 11.1 Å². The zero-order valence-electron chi connectivity index (χ0n) is 14.3. The average molecular weight is 361 g/mol. The number of methoxy groups -OCH3 is 1. The molecule has 0 bridgehead atoms. The fourth-order valence-electron chi connectivity index (χ4n) is 2.73. The van der Waals surface area contributed by atoms with Crippen LogP contribution in [0.5, 0.6) is 5.75 Å². The molecule has 0 unspecified atom stereocenters. The lowest BCUT2D eigenvalue weighted by molar-refractivity contribution is -0.110. The molecule has 134 valence electrons. The number of carbonyl (C=O) groups excluding carboxylic acids is 2. The number of aromatic nitrogens is 2. The third-order valence-corrected chi connectivity index (χ3v) is 4.12. The summed E-state index contributed by atoms with van der Waals surface area (Å²) in [5.41, 5.74) is 5.54. The molecule has 0 fully saturated rings. The van der Waals surface area contributed by atoms with Crippen molar-refractivity contribution in [3.8, 4) is 17.0 Å². The standard InChI is InChI=1S/C19H15N5O3/c1-27-12-8-6-11(7-9-12)15-10-16(22-21-15)18(25)24-23-17-13-4-2-3-5-14(13)20-19(17)26/h2-10H,1H3,(H,21,22)(H,24,25)(H,20,23,26). The Bertz CT molecular complexity index is 1050. The predicted molar refractivity (Wildman–Crippen MR) is 99.7 cm³/mol. The van der Waals surface area contributed by atoms with Gasteiger partial charge in [0.2, 0.25) is 0 Å². The topological polar surface area (TPSA) is 108 Å². The fourth-order valence-corrected chi connectivity index (χ4v) is 2.73. The van der Waals surface area contributed by atoms with E-state index in [9.17, 15) is 9.59 Å². The van der Waals surface area contributed by atoms with Crippen molar-refractivity contribution in [2.24, 2.45) is 5.10 Å². The van der Waals surface area contributed by atoms with Crippen molar-refractivity contribution in [3.05, 3.63) is 65.9 Å². The van der Waals surface area contributed by atoms with E-state index in [1.165, 1.54) is 0 Å². The van der Waals surface area contributed by atoms with Crippen LogP contribution in [-0.2, 0) is 4.79 Å². The number of rotatable bonds is 4. The minimum Gasteiger partial charge on any atom is -0.497 e. The first-order valence-electron chi connectivity index (χ1n) is 8.14. The smallest absolute Gasteiger partial charge is 0.289 e. The molecule has 1 aromatic heterocycles. The lowest BCUT2D eigenvalue weighted by Gasteiger charge is -2.00. The van der Waals surface area contributed by atoms with Gasteiger partial charge in [-0.2, -0.15) is 10.2 Å². The molecule has 2 aromatic carbocycles. The van der Waals surface area contributed by atoms with Crippen LogP contribution in [0.3, 0.4) is 0 Å². The number of para-hydroxylation sites is 1. The molecule has 2 heterocycles. The number of nitrogens with zero attached hydrogens (tertiary/aromatic N) is 2. The SMILES string of the molecule is COc1ccc(-c2cc(C(=O)N/N=C3/C(=O)Nc4ccccc43)[nH]n2)cc1. The lowest BCUT2D eigenvalue weighted by atomic mass is 10.1. The van der Waals surface area contributed by atoms with Crippen LogP contribution >= 0.6 is 0 Å². The quantitative estimate of drug-likeness (QED) is 0.619. The molecule has 27 heavy (non-hydrogen) atoms. The van der Waals surface area contributed by atoms with Crippen molar-refractivity contribution in [2.75, 3.05) is 12.4 Å². The van der Waals surface area contributed by atoms with Crippen molar-refractivity contribution in [3.63, 3.8) is 0 Å². The number of benzene rings is 2. The first-order valence-corrected chi connectivity index (χ1v) is 8.14. The monoisotopic (exact) mass is 361 g/mol. The highest BCUT2D eigenvalue weighted by atomic mass is 16.5. The molecule has 1 aliphatic rings. The molecule has 4 rings (SSSR count). The number of anilines is 1. The molecule has 1 aliphatic heterocycles. The Labute approximate surface area is 154 Å². The second kappa shape index (κ2) is 6.75. The summed E-state index contributed by atoms with van der Waals surface area (Å²) in [6, 6.07) is 16.1.